The van der Waals surface area contributed by atoms with Crippen LogP contribution in [-0.4, -0.2) is 12.5 Å². The monoisotopic (exact) mass is 494 g/mol. The summed E-state index contributed by atoms with van der Waals surface area (Å²) < 4.78 is 11.6. The standard InChI is InChI=1S/C27H24Cl2N2O3/c1-4-33-26-14-19(7-10-25(26)34-16-20-6-8-22(28)23(29)13-20)12-21(15-30)27(32)31-24-9-5-17(2)11-18(24)3/h5-14H,4,16H2,1-3H3,(H,31,32)/b21-12+. The number of hydrogen-bond donors (Lipinski definition) is 1. The predicted molar refractivity (Wildman–Crippen MR) is 137 cm³/mol. The number of amides is 1. The quantitative estimate of drug-likeness (QED) is 0.267. The topological polar surface area (TPSA) is 71.3 Å². The molecular weight excluding hydrogens is 471 g/mol. The maximum Gasteiger partial charge on any atom is 0.266 e. The molecule has 0 unspecified atom stereocenters. The summed E-state index contributed by atoms with van der Waals surface area (Å²) >= 11 is 12.0. The zero-order chi connectivity index (χ0) is 24.7. The zero-order valence-corrected chi connectivity index (χ0v) is 20.6. The molecule has 3 aromatic carbocycles. The Morgan fingerprint density at radius 1 is 1.00 bits per heavy atom. The summed E-state index contributed by atoms with van der Waals surface area (Å²) in [6, 6.07) is 18.2. The molecule has 3 aromatic rings. The molecule has 0 aromatic heterocycles. The lowest BCUT2D eigenvalue weighted by Gasteiger charge is -2.13. The molecule has 0 aliphatic rings. The Kier molecular flexibility index (Phi) is 8.59. The van der Waals surface area contributed by atoms with Gasteiger partial charge in [-0.15, -0.1) is 0 Å². The molecule has 174 valence electrons. The molecule has 0 bridgehead atoms. The fourth-order valence-corrected chi connectivity index (χ4v) is 3.57. The van der Waals surface area contributed by atoms with E-state index in [9.17, 15) is 10.1 Å². The fraction of sp³-hybridized carbons (Fsp3) is 0.185. The highest BCUT2D eigenvalue weighted by atomic mass is 35.5. The highest BCUT2D eigenvalue weighted by Gasteiger charge is 2.13. The summed E-state index contributed by atoms with van der Waals surface area (Å²) in [5.74, 6) is 0.555. The van der Waals surface area contributed by atoms with Crippen molar-refractivity contribution in [2.24, 2.45) is 0 Å². The molecule has 34 heavy (non-hydrogen) atoms. The van der Waals surface area contributed by atoms with Crippen molar-refractivity contribution in [2.75, 3.05) is 11.9 Å². The number of benzene rings is 3. The summed E-state index contributed by atoms with van der Waals surface area (Å²) in [5.41, 5.74) is 4.15. The number of anilines is 1. The maximum atomic E-state index is 12.7. The van der Waals surface area contributed by atoms with Crippen LogP contribution in [0.1, 0.15) is 29.2 Å². The van der Waals surface area contributed by atoms with Gasteiger partial charge >= 0.3 is 0 Å². The first kappa shape index (κ1) is 25.2. The second-order valence-corrected chi connectivity index (χ2v) is 8.43. The molecule has 0 aliphatic carbocycles. The van der Waals surface area contributed by atoms with E-state index in [1.54, 1.807) is 30.3 Å². The van der Waals surface area contributed by atoms with Gasteiger partial charge in [0.15, 0.2) is 11.5 Å². The van der Waals surface area contributed by atoms with Gasteiger partial charge in [0.25, 0.3) is 5.91 Å². The molecule has 7 heteroatoms. The van der Waals surface area contributed by atoms with Crippen LogP contribution in [0.4, 0.5) is 5.69 Å². The fourth-order valence-electron chi connectivity index (χ4n) is 3.25. The third kappa shape index (κ3) is 6.54. The van der Waals surface area contributed by atoms with Crippen LogP contribution in [0.3, 0.4) is 0 Å². The first-order valence-electron chi connectivity index (χ1n) is 10.6. The van der Waals surface area contributed by atoms with Crippen molar-refractivity contribution >= 4 is 40.9 Å². The summed E-state index contributed by atoms with van der Waals surface area (Å²) in [6.07, 6.45) is 1.52. The van der Waals surface area contributed by atoms with Gasteiger partial charge < -0.3 is 14.8 Å². The van der Waals surface area contributed by atoms with E-state index in [1.807, 2.05) is 51.1 Å². The maximum absolute atomic E-state index is 12.7. The lowest BCUT2D eigenvalue weighted by atomic mass is 10.1. The average molecular weight is 495 g/mol. The molecule has 0 atom stereocenters. The number of halogens is 2. The Labute approximate surface area is 209 Å². The van der Waals surface area contributed by atoms with E-state index in [0.717, 1.165) is 16.7 Å². The second-order valence-electron chi connectivity index (χ2n) is 7.62. The molecule has 5 nitrogen and oxygen atoms in total. The average Bonchev–Trinajstić information content (AvgIpc) is 2.81. The second kappa shape index (κ2) is 11.6. The number of nitrogens with one attached hydrogen (secondary N) is 1. The van der Waals surface area contributed by atoms with Crippen LogP contribution in [0, 0.1) is 25.2 Å². The smallest absolute Gasteiger partial charge is 0.266 e. The SMILES string of the molecule is CCOc1cc(/C=C(\C#N)C(=O)Nc2ccc(C)cc2C)ccc1OCc1ccc(Cl)c(Cl)c1. The molecule has 1 N–H and O–H groups in total. The van der Waals surface area contributed by atoms with Crippen LogP contribution in [-0.2, 0) is 11.4 Å². The highest BCUT2D eigenvalue weighted by molar-refractivity contribution is 6.42. The van der Waals surface area contributed by atoms with Gasteiger partial charge in [0.05, 0.1) is 16.7 Å². The molecule has 3 rings (SSSR count). The van der Waals surface area contributed by atoms with E-state index >= 15 is 0 Å². The minimum absolute atomic E-state index is 0.0214. The van der Waals surface area contributed by atoms with E-state index in [0.29, 0.717) is 39.4 Å². The summed E-state index contributed by atoms with van der Waals surface area (Å²) in [7, 11) is 0. The molecule has 0 spiro atoms. The van der Waals surface area contributed by atoms with Gasteiger partial charge in [0.2, 0.25) is 0 Å². The molecule has 0 radical (unpaired) electrons. The van der Waals surface area contributed by atoms with E-state index in [1.165, 1.54) is 6.08 Å². The van der Waals surface area contributed by atoms with Gasteiger partial charge in [-0.05, 0) is 73.9 Å². The van der Waals surface area contributed by atoms with E-state index in [2.05, 4.69) is 5.32 Å². The molecule has 1 amide bonds. The Morgan fingerprint density at radius 2 is 1.79 bits per heavy atom. The van der Waals surface area contributed by atoms with Crippen molar-refractivity contribution in [3.8, 4) is 17.6 Å². The number of rotatable bonds is 8. The van der Waals surface area contributed by atoms with Gasteiger partial charge in [-0.1, -0.05) is 53.0 Å². The number of hydrogen-bond acceptors (Lipinski definition) is 4. The number of carbonyl (C=O) groups is 1. The van der Waals surface area contributed by atoms with Crippen LogP contribution in [0.5, 0.6) is 11.5 Å². The van der Waals surface area contributed by atoms with Crippen LogP contribution in [0.2, 0.25) is 10.0 Å². The lowest BCUT2D eigenvalue weighted by Crippen LogP contribution is -2.14. The molecule has 0 heterocycles. The van der Waals surface area contributed by atoms with Crippen molar-refractivity contribution in [2.45, 2.75) is 27.4 Å². The van der Waals surface area contributed by atoms with Crippen molar-refractivity contribution in [3.63, 3.8) is 0 Å². The highest BCUT2D eigenvalue weighted by Crippen LogP contribution is 2.31. The molecular formula is C27H24Cl2N2O3. The number of carbonyl (C=O) groups excluding carboxylic acids is 1. The van der Waals surface area contributed by atoms with E-state index in [4.69, 9.17) is 32.7 Å². The first-order valence-corrected chi connectivity index (χ1v) is 11.4. The largest absolute Gasteiger partial charge is 0.490 e. The predicted octanol–water partition coefficient (Wildman–Crippen LogP) is 7.13. The van der Waals surface area contributed by atoms with Gasteiger partial charge in [0, 0.05) is 5.69 Å². The van der Waals surface area contributed by atoms with Gasteiger partial charge in [-0.25, -0.2) is 0 Å². The lowest BCUT2D eigenvalue weighted by molar-refractivity contribution is -0.112. The van der Waals surface area contributed by atoms with Crippen LogP contribution in [0.15, 0.2) is 60.2 Å². The van der Waals surface area contributed by atoms with Gasteiger partial charge in [-0.2, -0.15) is 5.26 Å². The van der Waals surface area contributed by atoms with Gasteiger partial charge in [0.1, 0.15) is 18.2 Å². The summed E-state index contributed by atoms with van der Waals surface area (Å²) in [5, 5.41) is 13.3. The Hall–Kier alpha value is -3.46. The number of ether oxygens (including phenoxy) is 2. The van der Waals surface area contributed by atoms with E-state index in [-0.39, 0.29) is 12.2 Å². The van der Waals surface area contributed by atoms with Crippen LogP contribution >= 0.6 is 23.2 Å². The van der Waals surface area contributed by atoms with Crippen LogP contribution in [0.25, 0.3) is 6.08 Å². The number of aryl methyl sites for hydroxylation is 2. The Morgan fingerprint density at radius 3 is 2.47 bits per heavy atom. The molecule has 0 fully saturated rings. The molecule has 0 saturated carbocycles. The Balaban J connectivity index is 1.79. The molecule has 0 saturated heterocycles. The van der Waals surface area contributed by atoms with E-state index < -0.39 is 5.91 Å². The van der Waals surface area contributed by atoms with Crippen LogP contribution < -0.4 is 14.8 Å². The van der Waals surface area contributed by atoms with Crippen molar-refractivity contribution in [3.05, 3.63) is 92.5 Å². The third-order valence-electron chi connectivity index (χ3n) is 4.95. The van der Waals surface area contributed by atoms with Crippen molar-refractivity contribution in [1.82, 2.24) is 0 Å². The minimum Gasteiger partial charge on any atom is -0.490 e. The number of nitrogens with zero attached hydrogens (tertiary/aromatic N) is 1. The van der Waals surface area contributed by atoms with Gasteiger partial charge in [-0.3, -0.25) is 4.79 Å². The van der Waals surface area contributed by atoms with Crippen molar-refractivity contribution < 1.29 is 14.3 Å². The number of nitriles is 1. The molecule has 0 aliphatic heterocycles. The summed E-state index contributed by atoms with van der Waals surface area (Å²) in [4.78, 5) is 12.7. The van der Waals surface area contributed by atoms with Crippen molar-refractivity contribution in [1.29, 1.82) is 5.26 Å². The zero-order valence-electron chi connectivity index (χ0n) is 19.1. The normalized spacial score (nSPS) is 11.0. The summed E-state index contributed by atoms with van der Waals surface area (Å²) in [6.45, 7) is 6.45. The minimum atomic E-state index is -0.479. The third-order valence-corrected chi connectivity index (χ3v) is 5.69. The first-order chi connectivity index (χ1) is 16.3. The Bertz CT molecular complexity index is 1280.